The lowest BCUT2D eigenvalue weighted by Gasteiger charge is -2.08. The molecule has 1 aromatic heterocycles. The summed E-state index contributed by atoms with van der Waals surface area (Å²) in [6, 6.07) is 18.5. The Morgan fingerprint density at radius 2 is 1.70 bits per heavy atom. The Bertz CT molecular complexity index is 1630. The Morgan fingerprint density at radius 1 is 1.03 bits per heavy atom. The molecule has 0 saturated carbocycles. The average Bonchev–Trinajstić information content (AvgIpc) is 3.20. The molecule has 0 aliphatic carbocycles. The Kier molecular flexibility index (Phi) is 7.60. The number of hydrogen-bond acceptors (Lipinski definition) is 6. The number of amides is 1. The monoisotopic (exact) mass is 537 g/mol. The molecule has 4 aromatic rings. The van der Waals surface area contributed by atoms with Gasteiger partial charge in [0.15, 0.2) is 4.80 Å². The number of nitrogens with zero attached hydrogens (tertiary/aromatic N) is 2. The van der Waals surface area contributed by atoms with Gasteiger partial charge < -0.3 is 9.30 Å². The molecular formula is C27H27N3O5S2. The van der Waals surface area contributed by atoms with Crippen molar-refractivity contribution in [2.24, 2.45) is 4.99 Å². The highest BCUT2D eigenvalue weighted by atomic mass is 32.2. The van der Waals surface area contributed by atoms with E-state index in [1.807, 2.05) is 25.1 Å². The van der Waals surface area contributed by atoms with Crippen molar-refractivity contribution in [1.82, 2.24) is 4.57 Å². The van der Waals surface area contributed by atoms with Gasteiger partial charge in [-0.25, -0.2) is 8.42 Å². The third-order valence-electron chi connectivity index (χ3n) is 5.80. The number of ether oxygens (including phenoxy) is 1. The number of esters is 1. The number of carbonyl (C=O) groups is 2. The second-order valence-electron chi connectivity index (χ2n) is 8.84. The van der Waals surface area contributed by atoms with Gasteiger partial charge in [0, 0.05) is 11.3 Å². The van der Waals surface area contributed by atoms with Crippen molar-refractivity contribution < 1.29 is 22.7 Å². The maximum absolute atomic E-state index is 13.0. The van der Waals surface area contributed by atoms with Crippen molar-refractivity contribution in [2.45, 2.75) is 38.1 Å². The minimum atomic E-state index is -3.76. The molecule has 0 atom stereocenters. The lowest BCUT2D eigenvalue weighted by atomic mass is 10.0. The van der Waals surface area contributed by atoms with Crippen LogP contribution in [-0.4, -0.2) is 32.0 Å². The van der Waals surface area contributed by atoms with Gasteiger partial charge in [-0.15, -0.1) is 0 Å². The second-order valence-corrected chi connectivity index (χ2v) is 11.5. The summed E-state index contributed by atoms with van der Waals surface area (Å²) in [6.45, 7) is 5.99. The molecule has 0 bridgehead atoms. The van der Waals surface area contributed by atoms with E-state index in [4.69, 9.17) is 4.74 Å². The van der Waals surface area contributed by atoms with Gasteiger partial charge >= 0.3 is 5.97 Å². The first-order valence-electron chi connectivity index (χ1n) is 11.6. The van der Waals surface area contributed by atoms with Crippen molar-refractivity contribution in [3.63, 3.8) is 0 Å². The summed E-state index contributed by atoms with van der Waals surface area (Å²) in [5.74, 6) is -0.640. The number of fused-ring (bicyclic) bond motifs is 1. The predicted octanol–water partition coefficient (Wildman–Crippen LogP) is 4.85. The van der Waals surface area contributed by atoms with Crippen molar-refractivity contribution in [3.8, 4) is 0 Å². The van der Waals surface area contributed by atoms with Crippen LogP contribution in [0.25, 0.3) is 10.2 Å². The molecule has 0 fully saturated rings. The van der Waals surface area contributed by atoms with E-state index in [0.717, 1.165) is 21.3 Å². The molecular weight excluding hydrogens is 510 g/mol. The molecule has 37 heavy (non-hydrogen) atoms. The van der Waals surface area contributed by atoms with Crippen molar-refractivity contribution in [3.05, 3.63) is 88.2 Å². The summed E-state index contributed by atoms with van der Waals surface area (Å²) in [6.07, 6.45) is 0. The van der Waals surface area contributed by atoms with Crippen LogP contribution in [0.3, 0.4) is 0 Å². The van der Waals surface area contributed by atoms with E-state index in [1.54, 1.807) is 16.7 Å². The summed E-state index contributed by atoms with van der Waals surface area (Å²) < 4.78 is 35.2. The van der Waals surface area contributed by atoms with Crippen molar-refractivity contribution in [2.75, 3.05) is 11.8 Å². The van der Waals surface area contributed by atoms with Crippen LogP contribution in [0.1, 0.15) is 41.3 Å². The first kappa shape index (κ1) is 26.3. The first-order chi connectivity index (χ1) is 17.6. The molecule has 0 spiro atoms. The number of hydrogen-bond donors (Lipinski definition) is 1. The van der Waals surface area contributed by atoms with E-state index in [1.165, 1.54) is 54.8 Å². The molecule has 192 valence electrons. The van der Waals surface area contributed by atoms with Crippen LogP contribution in [0.15, 0.2) is 76.6 Å². The summed E-state index contributed by atoms with van der Waals surface area (Å²) in [4.78, 5) is 29.9. The van der Waals surface area contributed by atoms with Gasteiger partial charge in [-0.05, 0) is 66.9 Å². The SMILES string of the molecule is COC(=O)Cn1c(=NC(=O)c2ccc(NS(=O)(=O)c3ccc(C)cc3)cc2)sc2cc(C(C)C)ccc21. The molecule has 1 N–H and O–H groups in total. The third kappa shape index (κ3) is 5.98. The highest BCUT2D eigenvalue weighted by molar-refractivity contribution is 7.92. The normalized spacial score (nSPS) is 12.2. The standard InChI is InChI=1S/C27H27N3O5S2/c1-17(2)20-9-14-23-24(15-20)36-27(30(23)16-25(31)35-4)28-26(32)19-7-10-21(11-8-19)29-37(33,34)22-12-5-18(3)6-13-22/h5-15,17,29H,16H2,1-4H3. The number of aryl methyl sites for hydroxylation is 1. The van der Waals surface area contributed by atoms with Gasteiger partial charge in [0.05, 0.1) is 22.2 Å². The maximum atomic E-state index is 13.0. The molecule has 1 amide bonds. The molecule has 0 saturated heterocycles. The summed E-state index contributed by atoms with van der Waals surface area (Å²) in [5.41, 5.74) is 3.48. The lowest BCUT2D eigenvalue weighted by molar-refractivity contribution is -0.141. The Hall–Kier alpha value is -3.76. The largest absolute Gasteiger partial charge is 0.468 e. The molecule has 0 aliphatic heterocycles. The second kappa shape index (κ2) is 10.7. The fraction of sp³-hybridized carbons (Fsp3) is 0.222. The molecule has 10 heteroatoms. The molecule has 3 aromatic carbocycles. The lowest BCUT2D eigenvalue weighted by Crippen LogP contribution is -2.22. The van der Waals surface area contributed by atoms with E-state index in [0.29, 0.717) is 16.4 Å². The smallest absolute Gasteiger partial charge is 0.325 e. The van der Waals surface area contributed by atoms with Gasteiger partial charge in [-0.1, -0.05) is 48.9 Å². The van der Waals surface area contributed by atoms with Crippen LogP contribution in [0, 0.1) is 6.92 Å². The summed E-state index contributed by atoms with van der Waals surface area (Å²) in [7, 11) is -2.45. The molecule has 8 nitrogen and oxygen atoms in total. The number of benzene rings is 3. The van der Waals surface area contributed by atoms with Crippen LogP contribution in [0.2, 0.25) is 0 Å². The van der Waals surface area contributed by atoms with E-state index in [-0.39, 0.29) is 17.0 Å². The number of thiazole rings is 1. The van der Waals surface area contributed by atoms with Crippen molar-refractivity contribution >= 4 is 49.1 Å². The highest BCUT2D eigenvalue weighted by Crippen LogP contribution is 2.24. The number of methoxy groups -OCH3 is 1. The van der Waals surface area contributed by atoms with Gasteiger partial charge in [-0.3, -0.25) is 14.3 Å². The zero-order valence-electron chi connectivity index (χ0n) is 20.9. The van der Waals surface area contributed by atoms with Crippen LogP contribution < -0.4 is 9.52 Å². The fourth-order valence-electron chi connectivity index (χ4n) is 3.64. The summed E-state index contributed by atoms with van der Waals surface area (Å²) in [5, 5.41) is 0. The topological polar surface area (TPSA) is 107 Å². The Balaban J connectivity index is 1.63. The zero-order valence-corrected chi connectivity index (χ0v) is 22.5. The molecule has 0 unspecified atom stereocenters. The van der Waals surface area contributed by atoms with Gasteiger partial charge in [0.2, 0.25) is 0 Å². The van der Waals surface area contributed by atoms with Gasteiger partial charge in [-0.2, -0.15) is 4.99 Å². The van der Waals surface area contributed by atoms with Crippen LogP contribution in [0.4, 0.5) is 5.69 Å². The molecule has 1 heterocycles. The number of anilines is 1. The third-order valence-corrected chi connectivity index (χ3v) is 8.24. The Labute approximate surface area is 219 Å². The number of aromatic nitrogens is 1. The average molecular weight is 538 g/mol. The van der Waals surface area contributed by atoms with Crippen LogP contribution >= 0.6 is 11.3 Å². The fourth-order valence-corrected chi connectivity index (χ4v) is 5.78. The van der Waals surface area contributed by atoms with E-state index >= 15 is 0 Å². The highest BCUT2D eigenvalue weighted by Gasteiger charge is 2.16. The van der Waals surface area contributed by atoms with E-state index < -0.39 is 21.9 Å². The number of rotatable bonds is 7. The maximum Gasteiger partial charge on any atom is 0.325 e. The minimum Gasteiger partial charge on any atom is -0.468 e. The molecule has 0 radical (unpaired) electrons. The zero-order chi connectivity index (χ0) is 26.7. The number of sulfonamides is 1. The predicted molar refractivity (Wildman–Crippen MR) is 144 cm³/mol. The van der Waals surface area contributed by atoms with Crippen molar-refractivity contribution in [1.29, 1.82) is 0 Å². The van der Waals surface area contributed by atoms with Gasteiger partial charge in [0.25, 0.3) is 15.9 Å². The molecule has 4 rings (SSSR count). The first-order valence-corrected chi connectivity index (χ1v) is 13.9. The van der Waals surface area contributed by atoms with Crippen LogP contribution in [-0.2, 0) is 26.1 Å². The minimum absolute atomic E-state index is 0.0800. The molecule has 0 aliphatic rings. The number of nitrogens with one attached hydrogen (secondary N) is 1. The summed E-state index contributed by atoms with van der Waals surface area (Å²) >= 11 is 1.32. The van der Waals surface area contributed by atoms with Gasteiger partial charge in [0.1, 0.15) is 6.54 Å². The Morgan fingerprint density at radius 3 is 2.32 bits per heavy atom. The quantitative estimate of drug-likeness (QED) is 0.339. The van der Waals surface area contributed by atoms with E-state index in [9.17, 15) is 18.0 Å². The van der Waals surface area contributed by atoms with Crippen LogP contribution in [0.5, 0.6) is 0 Å². The number of carbonyl (C=O) groups excluding carboxylic acids is 2. The van der Waals surface area contributed by atoms with E-state index in [2.05, 4.69) is 23.6 Å².